The minimum Gasteiger partial charge on any atom is -0.481 e. The Balaban J connectivity index is 2.33. The molecule has 0 aromatic rings. The number of hydrogen-bond acceptors (Lipinski definition) is 1. The van der Waals surface area contributed by atoms with Crippen LogP contribution in [0.1, 0.15) is 91.4 Å². The lowest BCUT2D eigenvalue weighted by atomic mass is 9.88. The van der Waals surface area contributed by atoms with Crippen LogP contribution in [0.2, 0.25) is 0 Å². The first kappa shape index (κ1) is 21.0. The third kappa shape index (κ3) is 9.30. The van der Waals surface area contributed by atoms with Crippen molar-refractivity contribution in [1.82, 2.24) is 0 Å². The van der Waals surface area contributed by atoms with E-state index in [1.807, 2.05) is 0 Å². The minimum absolute atomic E-state index is 0.286. The molecule has 1 fully saturated rings. The van der Waals surface area contributed by atoms with Gasteiger partial charge < -0.3 is 5.11 Å². The quantitative estimate of drug-likeness (QED) is 0.316. The fourth-order valence-electron chi connectivity index (χ4n) is 3.83. The highest BCUT2D eigenvalue weighted by atomic mass is 16.4. The number of carboxylic acids is 1. The molecule has 0 radical (unpaired) electrons. The highest BCUT2D eigenvalue weighted by Gasteiger charge is 2.24. The van der Waals surface area contributed by atoms with Crippen molar-refractivity contribution in [2.75, 3.05) is 0 Å². The molecule has 1 rings (SSSR count). The van der Waals surface area contributed by atoms with Gasteiger partial charge in [0.25, 0.3) is 0 Å². The zero-order chi connectivity index (χ0) is 17.8. The number of aliphatic carboxylic acids is 1. The maximum Gasteiger partial charge on any atom is 0.303 e. The predicted octanol–water partition coefficient (Wildman–Crippen LogP) is 6.77. The maximum atomic E-state index is 10.5. The van der Waals surface area contributed by atoms with E-state index in [2.05, 4.69) is 39.0 Å². The SMILES string of the molecule is CCCCC(C)CC=C[C@H]1CCC[C@@H]1CC(C)=CCCCC(=O)O. The summed E-state index contributed by atoms with van der Waals surface area (Å²) in [6.45, 7) is 6.85. The smallest absolute Gasteiger partial charge is 0.303 e. The van der Waals surface area contributed by atoms with Crippen LogP contribution in [0.5, 0.6) is 0 Å². The topological polar surface area (TPSA) is 37.3 Å². The van der Waals surface area contributed by atoms with E-state index in [9.17, 15) is 4.79 Å². The van der Waals surface area contributed by atoms with Crippen LogP contribution >= 0.6 is 0 Å². The molecule has 1 saturated carbocycles. The zero-order valence-corrected chi connectivity index (χ0v) is 16.1. The van der Waals surface area contributed by atoms with E-state index in [1.165, 1.54) is 56.9 Å². The predicted molar refractivity (Wildman–Crippen MR) is 103 cm³/mol. The number of hydrogen-bond donors (Lipinski definition) is 1. The molecule has 0 heterocycles. The molecule has 0 saturated heterocycles. The van der Waals surface area contributed by atoms with Gasteiger partial charge in [-0.1, -0.05) is 63.3 Å². The lowest BCUT2D eigenvalue weighted by Gasteiger charge is -2.17. The summed E-state index contributed by atoms with van der Waals surface area (Å²) < 4.78 is 0. The van der Waals surface area contributed by atoms with E-state index >= 15 is 0 Å². The van der Waals surface area contributed by atoms with Crippen LogP contribution < -0.4 is 0 Å². The second-order valence-electron chi connectivity index (χ2n) is 7.81. The lowest BCUT2D eigenvalue weighted by Crippen LogP contribution is -2.06. The molecule has 2 nitrogen and oxygen atoms in total. The Bertz CT molecular complexity index is 408. The molecule has 2 heteroatoms. The largest absolute Gasteiger partial charge is 0.481 e. The maximum absolute atomic E-state index is 10.5. The van der Waals surface area contributed by atoms with Crippen molar-refractivity contribution in [3.05, 3.63) is 23.8 Å². The molecule has 1 aliphatic carbocycles. The second-order valence-corrected chi connectivity index (χ2v) is 7.81. The monoisotopic (exact) mass is 334 g/mol. The molecule has 1 unspecified atom stereocenters. The fourth-order valence-corrected chi connectivity index (χ4v) is 3.83. The highest BCUT2D eigenvalue weighted by Crippen LogP contribution is 2.37. The number of rotatable bonds is 12. The molecule has 3 atom stereocenters. The Kier molecular flexibility index (Phi) is 10.8. The zero-order valence-electron chi connectivity index (χ0n) is 16.1. The van der Waals surface area contributed by atoms with Gasteiger partial charge in [-0.3, -0.25) is 4.79 Å². The van der Waals surface area contributed by atoms with Crippen molar-refractivity contribution >= 4 is 5.97 Å². The average molecular weight is 335 g/mol. The van der Waals surface area contributed by atoms with Crippen LogP contribution in [-0.2, 0) is 4.79 Å². The van der Waals surface area contributed by atoms with Gasteiger partial charge in [0.15, 0.2) is 0 Å². The molecule has 0 spiro atoms. The Morgan fingerprint density at radius 1 is 1.29 bits per heavy atom. The van der Waals surface area contributed by atoms with Gasteiger partial charge >= 0.3 is 5.97 Å². The third-order valence-electron chi connectivity index (χ3n) is 5.36. The fraction of sp³-hybridized carbons (Fsp3) is 0.773. The molecule has 1 aliphatic rings. The van der Waals surface area contributed by atoms with Crippen LogP contribution in [0.4, 0.5) is 0 Å². The van der Waals surface area contributed by atoms with Gasteiger partial charge in [-0.15, -0.1) is 0 Å². The molecule has 24 heavy (non-hydrogen) atoms. The van der Waals surface area contributed by atoms with Gasteiger partial charge in [0.05, 0.1) is 0 Å². The van der Waals surface area contributed by atoms with E-state index in [1.54, 1.807) is 0 Å². The lowest BCUT2D eigenvalue weighted by molar-refractivity contribution is -0.137. The van der Waals surface area contributed by atoms with Crippen LogP contribution in [0.25, 0.3) is 0 Å². The van der Waals surface area contributed by atoms with Gasteiger partial charge in [-0.05, 0) is 63.2 Å². The van der Waals surface area contributed by atoms with E-state index in [4.69, 9.17) is 5.11 Å². The van der Waals surface area contributed by atoms with Crippen LogP contribution in [0.3, 0.4) is 0 Å². The van der Waals surface area contributed by atoms with Crippen LogP contribution in [0, 0.1) is 17.8 Å². The van der Waals surface area contributed by atoms with Crippen molar-refractivity contribution in [3.63, 3.8) is 0 Å². The van der Waals surface area contributed by atoms with Gasteiger partial charge in [-0.2, -0.15) is 0 Å². The molecule has 0 aromatic heterocycles. The van der Waals surface area contributed by atoms with Crippen LogP contribution in [-0.4, -0.2) is 11.1 Å². The molecular formula is C22H38O2. The van der Waals surface area contributed by atoms with E-state index < -0.39 is 5.97 Å². The summed E-state index contributed by atoms with van der Waals surface area (Å²) >= 11 is 0. The summed E-state index contributed by atoms with van der Waals surface area (Å²) in [7, 11) is 0. The van der Waals surface area contributed by atoms with Gasteiger partial charge in [-0.25, -0.2) is 0 Å². The van der Waals surface area contributed by atoms with Crippen molar-refractivity contribution in [2.24, 2.45) is 17.8 Å². The third-order valence-corrected chi connectivity index (χ3v) is 5.36. The summed E-state index contributed by atoms with van der Waals surface area (Å²) in [5, 5.41) is 8.68. The Morgan fingerprint density at radius 2 is 2.08 bits per heavy atom. The normalized spacial score (nSPS) is 23.0. The summed E-state index contributed by atoms with van der Waals surface area (Å²) in [5.41, 5.74) is 1.45. The van der Waals surface area contributed by atoms with Crippen LogP contribution in [0.15, 0.2) is 23.8 Å². The highest BCUT2D eigenvalue weighted by molar-refractivity contribution is 5.66. The number of carboxylic acid groups (broad SMARTS) is 1. The van der Waals surface area contributed by atoms with E-state index in [0.717, 1.165) is 30.6 Å². The van der Waals surface area contributed by atoms with Crippen molar-refractivity contribution in [1.29, 1.82) is 0 Å². The summed E-state index contributed by atoms with van der Waals surface area (Å²) in [6.07, 6.45) is 19.6. The molecule has 0 bridgehead atoms. The van der Waals surface area contributed by atoms with Gasteiger partial charge in [0, 0.05) is 6.42 Å². The number of carbonyl (C=O) groups is 1. The Labute approximate surface area is 149 Å². The number of allylic oxidation sites excluding steroid dienone is 4. The van der Waals surface area contributed by atoms with Crippen molar-refractivity contribution in [2.45, 2.75) is 91.4 Å². The van der Waals surface area contributed by atoms with Gasteiger partial charge in [0.1, 0.15) is 0 Å². The van der Waals surface area contributed by atoms with Crippen molar-refractivity contribution < 1.29 is 9.90 Å². The van der Waals surface area contributed by atoms with E-state index in [0.29, 0.717) is 0 Å². The first-order chi connectivity index (χ1) is 11.5. The first-order valence-electron chi connectivity index (χ1n) is 10.1. The molecule has 0 amide bonds. The Hall–Kier alpha value is -1.05. The molecular weight excluding hydrogens is 296 g/mol. The summed E-state index contributed by atoms with van der Waals surface area (Å²) in [6, 6.07) is 0. The second kappa shape index (κ2) is 12.3. The minimum atomic E-state index is -0.685. The molecule has 1 N–H and O–H groups in total. The standard InChI is InChI=1S/C22H38O2/c1-4-5-10-18(2)12-8-13-20-14-9-15-21(20)17-19(3)11-6-7-16-22(23)24/h8,11,13,18,20-21H,4-7,9-10,12,14-17H2,1-3H3,(H,23,24)/t18?,20-,21+/m0/s1. The van der Waals surface area contributed by atoms with E-state index in [-0.39, 0.29) is 6.42 Å². The Morgan fingerprint density at radius 3 is 2.79 bits per heavy atom. The van der Waals surface area contributed by atoms with Gasteiger partial charge in [0.2, 0.25) is 0 Å². The summed E-state index contributed by atoms with van der Waals surface area (Å²) in [5.74, 6) is 1.68. The van der Waals surface area contributed by atoms with Crippen molar-refractivity contribution in [3.8, 4) is 0 Å². The average Bonchev–Trinajstić information content (AvgIpc) is 2.96. The first-order valence-corrected chi connectivity index (χ1v) is 10.1. The number of unbranched alkanes of at least 4 members (excludes halogenated alkanes) is 2. The molecule has 0 aromatic carbocycles. The molecule has 0 aliphatic heterocycles. The summed E-state index contributed by atoms with van der Waals surface area (Å²) in [4.78, 5) is 10.5. The molecule has 138 valence electrons.